The molecule has 0 spiro atoms. The van der Waals surface area contributed by atoms with Crippen molar-refractivity contribution in [1.29, 1.82) is 0 Å². The summed E-state index contributed by atoms with van der Waals surface area (Å²) in [4.78, 5) is 2.28. The van der Waals surface area contributed by atoms with Crippen molar-refractivity contribution in [3.8, 4) is 0 Å². The molecule has 1 aromatic rings. The van der Waals surface area contributed by atoms with Crippen molar-refractivity contribution in [2.75, 3.05) is 26.2 Å². The third kappa shape index (κ3) is 3.33. The van der Waals surface area contributed by atoms with Gasteiger partial charge in [0.25, 0.3) is 10.0 Å². The van der Waals surface area contributed by atoms with Gasteiger partial charge in [0.05, 0.1) is 0 Å². The minimum Gasteiger partial charge on any atom is -0.298 e. The first-order valence-electron chi connectivity index (χ1n) is 6.01. The van der Waals surface area contributed by atoms with Gasteiger partial charge in [0.2, 0.25) is 0 Å². The van der Waals surface area contributed by atoms with Gasteiger partial charge in [-0.1, -0.05) is 11.6 Å². The Bertz CT molecular complexity index is 532. The molecule has 0 saturated carbocycles. The van der Waals surface area contributed by atoms with Gasteiger partial charge in [0.15, 0.2) is 0 Å². The van der Waals surface area contributed by atoms with E-state index in [0.29, 0.717) is 32.1 Å². The Labute approximate surface area is 131 Å². The molecule has 8 heteroatoms. The lowest BCUT2D eigenvalue weighted by Gasteiger charge is -2.35. The summed E-state index contributed by atoms with van der Waals surface area (Å²) in [5, 5.41) is 0. The lowest BCUT2D eigenvalue weighted by Crippen LogP contribution is -2.50. The predicted octanol–water partition coefficient (Wildman–Crippen LogP) is 2.88. The quantitative estimate of drug-likeness (QED) is 0.801. The predicted molar refractivity (Wildman–Crippen MR) is 82.5 cm³/mol. The Hall–Kier alpha value is 0.340. The Kier molecular flexibility index (Phi) is 4.96. The molecule has 0 atom stereocenters. The van der Waals surface area contributed by atoms with Crippen LogP contribution in [0.3, 0.4) is 0 Å². The lowest BCUT2D eigenvalue weighted by molar-refractivity contribution is 0.154. The second-order valence-electron chi connectivity index (χ2n) is 4.72. The number of nitrogens with zero attached hydrogens (tertiary/aromatic N) is 2. The summed E-state index contributed by atoms with van der Waals surface area (Å²) in [6.07, 6.45) is 0. The van der Waals surface area contributed by atoms with E-state index in [2.05, 4.69) is 34.7 Å². The summed E-state index contributed by atoms with van der Waals surface area (Å²) in [5.41, 5.74) is 0. The number of piperazine rings is 1. The van der Waals surface area contributed by atoms with Crippen LogP contribution in [0.5, 0.6) is 0 Å². The molecule has 1 fully saturated rings. The van der Waals surface area contributed by atoms with E-state index in [4.69, 9.17) is 11.6 Å². The van der Waals surface area contributed by atoms with Gasteiger partial charge in [-0.2, -0.15) is 4.31 Å². The van der Waals surface area contributed by atoms with E-state index >= 15 is 0 Å². The van der Waals surface area contributed by atoms with E-state index in [0.717, 1.165) is 24.4 Å². The maximum absolute atomic E-state index is 12.5. The van der Waals surface area contributed by atoms with Crippen LogP contribution in [0.4, 0.5) is 0 Å². The third-order valence-corrected chi connectivity index (χ3v) is 8.04. The van der Waals surface area contributed by atoms with E-state index < -0.39 is 10.0 Å². The average Bonchev–Trinajstić information content (AvgIpc) is 2.70. The zero-order valence-electron chi connectivity index (χ0n) is 10.8. The smallest absolute Gasteiger partial charge is 0.252 e. The second-order valence-corrected chi connectivity index (χ2v) is 9.39. The van der Waals surface area contributed by atoms with Gasteiger partial charge in [-0.15, -0.1) is 11.3 Å². The first-order chi connectivity index (χ1) is 8.82. The van der Waals surface area contributed by atoms with Crippen LogP contribution in [-0.2, 0) is 10.0 Å². The van der Waals surface area contributed by atoms with Crippen molar-refractivity contribution in [3.05, 3.63) is 14.9 Å². The Balaban J connectivity index is 2.14. The zero-order chi connectivity index (χ0) is 14.2. The number of halogens is 2. The number of hydrogen-bond acceptors (Lipinski definition) is 4. The molecular formula is C11H16BrClN2O2S2. The van der Waals surface area contributed by atoms with Crippen LogP contribution in [-0.4, -0.2) is 49.8 Å². The van der Waals surface area contributed by atoms with Gasteiger partial charge < -0.3 is 0 Å². The van der Waals surface area contributed by atoms with Crippen LogP contribution >= 0.6 is 38.9 Å². The molecule has 0 unspecified atom stereocenters. The molecule has 1 aliphatic heterocycles. The van der Waals surface area contributed by atoms with Crippen LogP contribution in [0.25, 0.3) is 0 Å². The van der Waals surface area contributed by atoms with Gasteiger partial charge in [0, 0.05) is 36.7 Å². The van der Waals surface area contributed by atoms with E-state index in [1.54, 1.807) is 10.4 Å². The molecule has 0 radical (unpaired) electrons. The SMILES string of the molecule is CC(C)N1CCN(S(=O)(=O)c2cc(Br)c(Cl)s2)CC1. The first kappa shape index (κ1) is 15.7. The average molecular weight is 388 g/mol. The Morgan fingerprint density at radius 1 is 1.32 bits per heavy atom. The molecule has 0 amide bonds. The normalized spacial score (nSPS) is 19.2. The number of hydrogen-bond donors (Lipinski definition) is 0. The van der Waals surface area contributed by atoms with E-state index in [9.17, 15) is 8.42 Å². The standard InChI is InChI=1S/C11H16BrClN2O2S2/c1-8(2)14-3-5-15(6-4-14)19(16,17)10-7-9(12)11(13)18-10/h7-8H,3-6H2,1-2H3. The fourth-order valence-corrected chi connectivity index (χ4v) is 5.92. The molecule has 1 saturated heterocycles. The van der Waals surface area contributed by atoms with Crippen LogP contribution in [0.1, 0.15) is 13.8 Å². The van der Waals surface area contributed by atoms with Crippen molar-refractivity contribution in [3.63, 3.8) is 0 Å². The highest BCUT2D eigenvalue weighted by atomic mass is 79.9. The molecule has 0 bridgehead atoms. The second kappa shape index (κ2) is 5.99. The number of sulfonamides is 1. The highest BCUT2D eigenvalue weighted by Gasteiger charge is 2.30. The van der Waals surface area contributed by atoms with Gasteiger partial charge >= 0.3 is 0 Å². The minimum absolute atomic E-state index is 0.308. The molecule has 4 nitrogen and oxygen atoms in total. The van der Waals surface area contributed by atoms with Crippen molar-refractivity contribution in [1.82, 2.24) is 9.21 Å². The van der Waals surface area contributed by atoms with Gasteiger partial charge in [-0.25, -0.2) is 8.42 Å². The lowest BCUT2D eigenvalue weighted by atomic mass is 10.3. The van der Waals surface area contributed by atoms with Crippen LogP contribution in [0.2, 0.25) is 4.34 Å². The molecule has 2 rings (SSSR count). The van der Waals surface area contributed by atoms with Crippen molar-refractivity contribution < 1.29 is 8.42 Å². The van der Waals surface area contributed by atoms with Gasteiger partial charge in [-0.05, 0) is 35.8 Å². The summed E-state index contributed by atoms with van der Waals surface area (Å²) in [6, 6.07) is 2.03. The molecule has 19 heavy (non-hydrogen) atoms. The maximum atomic E-state index is 12.5. The maximum Gasteiger partial charge on any atom is 0.252 e. The molecule has 1 aliphatic rings. The summed E-state index contributed by atoms with van der Waals surface area (Å²) in [5.74, 6) is 0. The molecule has 2 heterocycles. The third-order valence-electron chi connectivity index (χ3n) is 3.22. The highest BCUT2D eigenvalue weighted by Crippen LogP contribution is 2.36. The molecule has 108 valence electrons. The van der Waals surface area contributed by atoms with Gasteiger partial charge in [0.1, 0.15) is 8.55 Å². The van der Waals surface area contributed by atoms with Crippen LogP contribution in [0.15, 0.2) is 14.7 Å². The molecule has 0 aromatic carbocycles. The fourth-order valence-electron chi connectivity index (χ4n) is 2.04. The molecule has 0 aliphatic carbocycles. The summed E-state index contributed by atoms with van der Waals surface area (Å²) >= 11 is 10.3. The van der Waals surface area contributed by atoms with Crippen LogP contribution < -0.4 is 0 Å². The Morgan fingerprint density at radius 3 is 2.32 bits per heavy atom. The number of rotatable bonds is 3. The zero-order valence-corrected chi connectivity index (χ0v) is 14.7. The van der Waals surface area contributed by atoms with Crippen molar-refractivity contribution in [2.24, 2.45) is 0 Å². The van der Waals surface area contributed by atoms with E-state index in [1.807, 2.05) is 0 Å². The molecule has 0 N–H and O–H groups in total. The highest BCUT2D eigenvalue weighted by molar-refractivity contribution is 9.10. The molecule has 1 aromatic heterocycles. The minimum atomic E-state index is -3.40. The number of thiophene rings is 1. The van der Waals surface area contributed by atoms with Gasteiger partial charge in [-0.3, -0.25) is 4.90 Å². The van der Waals surface area contributed by atoms with E-state index in [1.165, 1.54) is 0 Å². The largest absolute Gasteiger partial charge is 0.298 e. The summed E-state index contributed by atoms with van der Waals surface area (Å²) < 4.78 is 27.9. The van der Waals surface area contributed by atoms with Crippen LogP contribution in [0, 0.1) is 0 Å². The summed E-state index contributed by atoms with van der Waals surface area (Å²) in [6.45, 7) is 6.87. The Morgan fingerprint density at radius 2 is 1.89 bits per heavy atom. The van der Waals surface area contributed by atoms with Crippen molar-refractivity contribution >= 4 is 48.9 Å². The first-order valence-corrected chi connectivity index (χ1v) is 9.44. The monoisotopic (exact) mass is 386 g/mol. The van der Waals surface area contributed by atoms with E-state index in [-0.39, 0.29) is 0 Å². The van der Waals surface area contributed by atoms with Crippen molar-refractivity contribution in [2.45, 2.75) is 24.1 Å². The summed E-state index contributed by atoms with van der Waals surface area (Å²) in [7, 11) is -3.40. The molecular weight excluding hydrogens is 372 g/mol. The topological polar surface area (TPSA) is 40.6 Å². The fraction of sp³-hybridized carbons (Fsp3) is 0.636.